The lowest BCUT2D eigenvalue weighted by molar-refractivity contribution is -0.134. The van der Waals surface area contributed by atoms with Crippen molar-refractivity contribution in [2.75, 3.05) is 25.0 Å². The van der Waals surface area contributed by atoms with Crippen LogP contribution in [0.15, 0.2) is 42.5 Å². The molecule has 8 nitrogen and oxygen atoms in total. The van der Waals surface area contributed by atoms with Gasteiger partial charge in [-0.05, 0) is 69.0 Å². The first-order valence-electron chi connectivity index (χ1n) is 13.1. The van der Waals surface area contributed by atoms with E-state index in [2.05, 4.69) is 10.4 Å². The van der Waals surface area contributed by atoms with Crippen molar-refractivity contribution in [3.8, 4) is 17.2 Å². The van der Waals surface area contributed by atoms with E-state index in [1.54, 1.807) is 23.1 Å². The molecule has 0 bridgehead atoms. The van der Waals surface area contributed by atoms with Crippen molar-refractivity contribution in [1.82, 2.24) is 14.7 Å². The highest BCUT2D eigenvalue weighted by Crippen LogP contribution is 2.36. The number of carbonyl (C=O) groups is 2. The van der Waals surface area contributed by atoms with Crippen LogP contribution < -0.4 is 14.8 Å². The molecule has 1 aliphatic rings. The summed E-state index contributed by atoms with van der Waals surface area (Å²) in [4.78, 5) is 28.1. The van der Waals surface area contributed by atoms with Gasteiger partial charge in [0.1, 0.15) is 0 Å². The molecule has 9 heteroatoms. The Morgan fingerprint density at radius 2 is 1.82 bits per heavy atom. The zero-order valence-electron chi connectivity index (χ0n) is 22.3. The van der Waals surface area contributed by atoms with Crippen molar-refractivity contribution in [1.29, 1.82) is 0 Å². The molecular formula is C29H35ClN4O4. The first-order chi connectivity index (χ1) is 18.3. The number of rotatable bonds is 3. The Balaban J connectivity index is 1.52. The second-order valence-electron chi connectivity index (χ2n) is 9.59. The number of fused-ring (bicyclic) bond motifs is 2. The van der Waals surface area contributed by atoms with Gasteiger partial charge in [0.2, 0.25) is 11.8 Å². The zero-order valence-corrected chi connectivity index (χ0v) is 23.0. The van der Waals surface area contributed by atoms with E-state index < -0.39 is 0 Å². The molecule has 0 aliphatic carbocycles. The minimum Gasteiger partial charge on any atom is -0.490 e. The summed E-state index contributed by atoms with van der Waals surface area (Å²) < 4.78 is 14.0. The van der Waals surface area contributed by atoms with Gasteiger partial charge >= 0.3 is 0 Å². The van der Waals surface area contributed by atoms with Crippen molar-refractivity contribution in [3.63, 3.8) is 0 Å². The summed E-state index contributed by atoms with van der Waals surface area (Å²) in [6, 6.07) is 12.5. The molecule has 4 rings (SSSR count). The van der Waals surface area contributed by atoms with Gasteiger partial charge in [0.05, 0.1) is 24.5 Å². The highest BCUT2D eigenvalue weighted by molar-refractivity contribution is 6.31. The summed E-state index contributed by atoms with van der Waals surface area (Å²) in [6.45, 7) is 5.00. The molecule has 0 fully saturated rings. The Bertz CT molecular complexity index is 1290. The van der Waals surface area contributed by atoms with Crippen LogP contribution in [0.25, 0.3) is 0 Å². The summed E-state index contributed by atoms with van der Waals surface area (Å²) in [7, 11) is 1.90. The number of aromatic nitrogens is 2. The van der Waals surface area contributed by atoms with Gasteiger partial charge in [-0.25, -0.2) is 0 Å². The van der Waals surface area contributed by atoms with Crippen LogP contribution >= 0.6 is 11.6 Å². The van der Waals surface area contributed by atoms with E-state index in [-0.39, 0.29) is 18.4 Å². The van der Waals surface area contributed by atoms with Gasteiger partial charge in [-0.1, -0.05) is 36.6 Å². The number of para-hydroxylation sites is 2. The summed E-state index contributed by atoms with van der Waals surface area (Å²) >= 11 is 6.24. The third-order valence-electron chi connectivity index (χ3n) is 6.80. The monoisotopic (exact) mass is 538 g/mol. The normalized spacial score (nSPS) is 15.1. The lowest BCUT2D eigenvalue weighted by atomic mass is 10.1. The molecule has 0 saturated carbocycles. The number of ether oxygens (including phenoxy) is 2. The van der Waals surface area contributed by atoms with Gasteiger partial charge < -0.3 is 19.7 Å². The number of hydrogen-bond donors (Lipinski definition) is 1. The lowest BCUT2D eigenvalue weighted by Crippen LogP contribution is -2.39. The fourth-order valence-corrected chi connectivity index (χ4v) is 4.80. The van der Waals surface area contributed by atoms with Crippen LogP contribution in [0, 0.1) is 13.8 Å². The van der Waals surface area contributed by atoms with Crippen LogP contribution in [-0.2, 0) is 23.1 Å². The third kappa shape index (κ3) is 7.07. The van der Waals surface area contributed by atoms with Crippen molar-refractivity contribution in [2.45, 2.75) is 52.4 Å². The second kappa shape index (κ2) is 12.8. The predicted molar refractivity (Wildman–Crippen MR) is 148 cm³/mol. The number of nitrogens with zero attached hydrogens (tertiary/aromatic N) is 3. The average Bonchev–Trinajstić information content (AvgIpc) is 3.13. The summed E-state index contributed by atoms with van der Waals surface area (Å²) in [6.07, 6.45) is 4.50. The molecule has 1 N–H and O–H groups in total. The number of amides is 2. The van der Waals surface area contributed by atoms with Crippen LogP contribution in [0.4, 0.5) is 5.69 Å². The third-order valence-corrected chi connectivity index (χ3v) is 7.03. The van der Waals surface area contributed by atoms with Gasteiger partial charge in [-0.15, -0.1) is 0 Å². The Morgan fingerprint density at radius 1 is 1.05 bits per heavy atom. The molecule has 2 aromatic carbocycles. The number of nitrogens with one attached hydrogen (secondary N) is 1. The number of anilines is 1. The minimum absolute atomic E-state index is 0.0461. The van der Waals surface area contributed by atoms with Crippen molar-refractivity contribution in [2.24, 2.45) is 7.05 Å². The van der Waals surface area contributed by atoms with Crippen LogP contribution in [0.3, 0.4) is 0 Å². The standard InChI is InChI=1S/C29H35ClN4O4/c1-20-23(21(2)33(3)32-20)13-15-29(36)34-16-8-4-5-9-17-37-26-10-6-7-11-27(26)38-25-14-12-22(30)18-24(25)31-28(35)19-34/h6-7,10-12,14,18H,4-5,8-9,13,15-17,19H2,1-3H3,(H,31,35). The molecule has 0 unspecified atom stereocenters. The SMILES string of the molecule is Cc1nn(C)c(C)c1CCC(=O)N1CCCCCCOc2ccccc2Oc2ccc(Cl)cc2NC(=O)C1. The second-order valence-corrected chi connectivity index (χ2v) is 10.0. The van der Waals surface area contributed by atoms with E-state index >= 15 is 0 Å². The zero-order chi connectivity index (χ0) is 27.1. The molecule has 38 heavy (non-hydrogen) atoms. The molecule has 2 heterocycles. The van der Waals surface area contributed by atoms with Crippen molar-refractivity contribution < 1.29 is 19.1 Å². The molecule has 0 spiro atoms. The number of halogens is 1. The maximum Gasteiger partial charge on any atom is 0.244 e. The largest absolute Gasteiger partial charge is 0.490 e. The topological polar surface area (TPSA) is 85.7 Å². The van der Waals surface area contributed by atoms with Crippen molar-refractivity contribution in [3.05, 3.63) is 64.4 Å². The fraction of sp³-hybridized carbons (Fsp3) is 0.414. The van der Waals surface area contributed by atoms with E-state index in [9.17, 15) is 9.59 Å². The van der Waals surface area contributed by atoms with Crippen LogP contribution in [0.2, 0.25) is 5.02 Å². The van der Waals surface area contributed by atoms with Gasteiger partial charge in [0, 0.05) is 30.7 Å². The van der Waals surface area contributed by atoms with Gasteiger partial charge in [-0.3, -0.25) is 14.3 Å². The number of aryl methyl sites for hydroxylation is 2. The van der Waals surface area contributed by atoms with E-state index in [4.69, 9.17) is 21.1 Å². The van der Waals surface area contributed by atoms with Gasteiger partial charge in [-0.2, -0.15) is 5.10 Å². The average molecular weight is 539 g/mol. The molecule has 3 aromatic rings. The van der Waals surface area contributed by atoms with Crippen LogP contribution in [0.1, 0.15) is 49.1 Å². The lowest BCUT2D eigenvalue weighted by Gasteiger charge is -2.23. The van der Waals surface area contributed by atoms with Gasteiger partial charge in [0.25, 0.3) is 0 Å². The number of benzene rings is 2. The van der Waals surface area contributed by atoms with Crippen LogP contribution in [0.5, 0.6) is 17.2 Å². The number of carbonyl (C=O) groups excluding carboxylic acids is 2. The van der Waals surface area contributed by atoms with Gasteiger partial charge in [0.15, 0.2) is 17.2 Å². The quantitative estimate of drug-likeness (QED) is 0.453. The Morgan fingerprint density at radius 3 is 2.58 bits per heavy atom. The fourth-order valence-electron chi connectivity index (χ4n) is 4.63. The van der Waals surface area contributed by atoms with Crippen LogP contribution in [-0.4, -0.2) is 46.2 Å². The predicted octanol–water partition coefficient (Wildman–Crippen LogP) is 5.84. The van der Waals surface area contributed by atoms with Crippen molar-refractivity contribution >= 4 is 29.1 Å². The molecule has 202 valence electrons. The highest BCUT2D eigenvalue weighted by Gasteiger charge is 2.20. The summed E-state index contributed by atoms with van der Waals surface area (Å²) in [5, 5.41) is 7.81. The summed E-state index contributed by atoms with van der Waals surface area (Å²) in [5.74, 6) is 1.27. The smallest absolute Gasteiger partial charge is 0.244 e. The molecule has 2 amide bonds. The first-order valence-corrected chi connectivity index (χ1v) is 13.5. The van der Waals surface area contributed by atoms with E-state index in [0.717, 1.165) is 42.6 Å². The molecule has 1 aromatic heterocycles. The molecule has 0 saturated heterocycles. The minimum atomic E-state index is -0.309. The highest BCUT2D eigenvalue weighted by atomic mass is 35.5. The molecule has 0 atom stereocenters. The van der Waals surface area contributed by atoms with E-state index in [1.807, 2.05) is 49.8 Å². The molecular weight excluding hydrogens is 504 g/mol. The maximum absolute atomic E-state index is 13.3. The van der Waals surface area contributed by atoms with E-state index in [1.165, 1.54) is 0 Å². The Labute approximate surface area is 228 Å². The Hall–Kier alpha value is -3.52. The Kier molecular flexibility index (Phi) is 9.29. The maximum atomic E-state index is 13.3. The van der Waals surface area contributed by atoms with E-state index in [0.29, 0.717) is 54.0 Å². The summed E-state index contributed by atoms with van der Waals surface area (Å²) in [5.41, 5.74) is 3.50. The number of hydrogen-bond acceptors (Lipinski definition) is 5. The first kappa shape index (κ1) is 27.5. The molecule has 0 radical (unpaired) electrons. The molecule has 1 aliphatic heterocycles.